The molecular formula is C19H18N2O8. The molecule has 29 heavy (non-hydrogen) atoms. The maximum atomic E-state index is 12.1. The fourth-order valence-electron chi connectivity index (χ4n) is 2.31. The summed E-state index contributed by atoms with van der Waals surface area (Å²) in [6.45, 7) is 0.955. The number of nitrogens with one attached hydrogen (secondary N) is 2. The van der Waals surface area contributed by atoms with E-state index in [2.05, 4.69) is 19.8 Å². The molecule has 0 bridgehead atoms. The fourth-order valence-corrected chi connectivity index (χ4v) is 2.31. The van der Waals surface area contributed by atoms with Crippen LogP contribution in [0.15, 0.2) is 35.3 Å². The number of aryl methyl sites for hydroxylation is 1. The normalized spacial score (nSPS) is 10.0. The predicted octanol–water partition coefficient (Wildman–Crippen LogP) is 1.05. The molecule has 152 valence electrons. The van der Waals surface area contributed by atoms with Crippen LogP contribution in [-0.4, -0.2) is 49.6 Å². The zero-order valence-corrected chi connectivity index (χ0v) is 15.9. The van der Waals surface area contributed by atoms with Crippen LogP contribution in [0.3, 0.4) is 0 Å². The second-order valence-corrected chi connectivity index (χ2v) is 5.80. The minimum Gasteiger partial charge on any atom is -0.465 e. The Balaban J connectivity index is 2.11. The van der Waals surface area contributed by atoms with Gasteiger partial charge in [-0.3, -0.25) is 9.59 Å². The van der Waals surface area contributed by atoms with Gasteiger partial charge in [0.25, 0.3) is 5.91 Å². The van der Waals surface area contributed by atoms with Gasteiger partial charge in [-0.1, -0.05) is 0 Å². The molecule has 0 spiro atoms. The van der Waals surface area contributed by atoms with E-state index in [0.29, 0.717) is 5.69 Å². The molecule has 0 aliphatic carbocycles. The molecule has 0 unspecified atom stereocenters. The molecule has 1 aromatic carbocycles. The molecule has 1 aromatic heterocycles. The largest absolute Gasteiger partial charge is 0.465 e. The molecule has 0 radical (unpaired) electrons. The first-order valence-electron chi connectivity index (χ1n) is 8.23. The van der Waals surface area contributed by atoms with Crippen molar-refractivity contribution in [1.82, 2.24) is 4.98 Å². The first-order valence-corrected chi connectivity index (χ1v) is 8.23. The third-order valence-corrected chi connectivity index (χ3v) is 3.67. The Morgan fingerprint density at radius 2 is 1.52 bits per heavy atom. The zero-order valence-electron chi connectivity index (χ0n) is 15.9. The number of benzene rings is 1. The van der Waals surface area contributed by atoms with Gasteiger partial charge in [-0.2, -0.15) is 0 Å². The lowest BCUT2D eigenvalue weighted by Gasteiger charge is -2.10. The second-order valence-electron chi connectivity index (χ2n) is 5.80. The van der Waals surface area contributed by atoms with E-state index >= 15 is 0 Å². The van der Waals surface area contributed by atoms with Gasteiger partial charge in [0.05, 0.1) is 25.3 Å². The number of carbonyl (C=O) groups is 4. The summed E-state index contributed by atoms with van der Waals surface area (Å²) in [4.78, 5) is 62.0. The molecule has 1 amide bonds. The van der Waals surface area contributed by atoms with Crippen molar-refractivity contribution in [2.24, 2.45) is 0 Å². The summed E-state index contributed by atoms with van der Waals surface area (Å²) in [5.41, 5.74) is -0.120. The molecule has 2 aromatic rings. The predicted molar refractivity (Wildman–Crippen MR) is 99.8 cm³/mol. The minimum absolute atomic E-state index is 0.00823. The summed E-state index contributed by atoms with van der Waals surface area (Å²) < 4.78 is 14.0. The van der Waals surface area contributed by atoms with Crippen LogP contribution in [0.2, 0.25) is 0 Å². The molecule has 0 aliphatic rings. The summed E-state index contributed by atoms with van der Waals surface area (Å²) in [5, 5.41) is 2.39. The van der Waals surface area contributed by atoms with Crippen molar-refractivity contribution in [2.75, 3.05) is 26.1 Å². The number of H-pyrrole nitrogens is 1. The van der Waals surface area contributed by atoms with Crippen LogP contribution in [0, 0.1) is 6.92 Å². The van der Waals surface area contributed by atoms with Gasteiger partial charge in [-0.05, 0) is 25.1 Å². The lowest BCUT2D eigenvalue weighted by atomic mass is 10.1. The highest BCUT2D eigenvalue weighted by molar-refractivity contribution is 6.00. The highest BCUT2D eigenvalue weighted by atomic mass is 16.5. The van der Waals surface area contributed by atoms with E-state index < -0.39 is 35.9 Å². The first kappa shape index (κ1) is 21.4. The molecule has 2 rings (SSSR count). The lowest BCUT2D eigenvalue weighted by Crippen LogP contribution is -2.24. The number of anilines is 1. The van der Waals surface area contributed by atoms with E-state index in [1.165, 1.54) is 30.5 Å². The molecule has 0 fully saturated rings. The third kappa shape index (κ3) is 5.51. The fraction of sp³-hybridized carbons (Fsp3) is 0.211. The lowest BCUT2D eigenvalue weighted by molar-refractivity contribution is -0.119. The SMILES string of the molecule is COC(=O)c1cc(NC(=O)COC(=O)c2c[nH]c(C)cc2=O)cc(C(=O)OC)c1. The summed E-state index contributed by atoms with van der Waals surface area (Å²) >= 11 is 0. The van der Waals surface area contributed by atoms with Crippen molar-refractivity contribution in [3.63, 3.8) is 0 Å². The van der Waals surface area contributed by atoms with Crippen molar-refractivity contribution < 1.29 is 33.4 Å². The Morgan fingerprint density at radius 3 is 2.03 bits per heavy atom. The number of rotatable bonds is 6. The summed E-state index contributed by atoms with van der Waals surface area (Å²) in [5.74, 6) is -3.17. The number of esters is 3. The van der Waals surface area contributed by atoms with Crippen molar-refractivity contribution in [3.8, 4) is 0 Å². The van der Waals surface area contributed by atoms with Crippen LogP contribution in [-0.2, 0) is 19.0 Å². The van der Waals surface area contributed by atoms with Crippen LogP contribution >= 0.6 is 0 Å². The maximum Gasteiger partial charge on any atom is 0.344 e. The highest BCUT2D eigenvalue weighted by Crippen LogP contribution is 2.17. The Hall–Kier alpha value is -3.95. The van der Waals surface area contributed by atoms with E-state index in [1.54, 1.807) is 6.92 Å². The topological polar surface area (TPSA) is 141 Å². The summed E-state index contributed by atoms with van der Waals surface area (Å²) in [6.07, 6.45) is 1.19. The zero-order chi connectivity index (χ0) is 21.6. The Labute approximate surface area is 164 Å². The monoisotopic (exact) mass is 402 g/mol. The van der Waals surface area contributed by atoms with Gasteiger partial charge < -0.3 is 24.5 Å². The van der Waals surface area contributed by atoms with Crippen molar-refractivity contribution >= 4 is 29.5 Å². The number of hydrogen-bond donors (Lipinski definition) is 2. The number of hydrogen-bond acceptors (Lipinski definition) is 8. The molecule has 0 aliphatic heterocycles. The number of methoxy groups -OCH3 is 2. The molecule has 1 heterocycles. The molecule has 0 atom stereocenters. The molecule has 10 nitrogen and oxygen atoms in total. The number of amides is 1. The number of ether oxygens (including phenoxy) is 3. The van der Waals surface area contributed by atoms with Crippen LogP contribution in [0.1, 0.15) is 36.8 Å². The first-order chi connectivity index (χ1) is 13.7. The van der Waals surface area contributed by atoms with Gasteiger partial charge in [0.1, 0.15) is 5.56 Å². The summed E-state index contributed by atoms with van der Waals surface area (Å²) in [6, 6.07) is 5.03. The molecule has 10 heteroatoms. The van der Waals surface area contributed by atoms with Gasteiger partial charge in [0.15, 0.2) is 12.0 Å². The van der Waals surface area contributed by atoms with Gasteiger partial charge in [0, 0.05) is 23.6 Å². The number of aromatic amines is 1. The number of pyridine rings is 1. The van der Waals surface area contributed by atoms with Crippen molar-refractivity contribution in [1.29, 1.82) is 0 Å². The van der Waals surface area contributed by atoms with Crippen molar-refractivity contribution in [3.05, 3.63) is 63.1 Å². The maximum absolute atomic E-state index is 12.1. The van der Waals surface area contributed by atoms with E-state index in [-0.39, 0.29) is 22.4 Å². The average molecular weight is 402 g/mol. The highest BCUT2D eigenvalue weighted by Gasteiger charge is 2.17. The molecular weight excluding hydrogens is 384 g/mol. The van der Waals surface area contributed by atoms with Crippen LogP contribution in [0.5, 0.6) is 0 Å². The summed E-state index contributed by atoms with van der Waals surface area (Å²) in [7, 11) is 2.33. The van der Waals surface area contributed by atoms with Gasteiger partial charge in [-0.25, -0.2) is 14.4 Å². The second kappa shape index (κ2) is 9.31. The van der Waals surface area contributed by atoms with Gasteiger partial charge in [-0.15, -0.1) is 0 Å². The van der Waals surface area contributed by atoms with E-state index in [1.807, 2.05) is 0 Å². The molecule has 0 saturated heterocycles. The minimum atomic E-state index is -0.972. The van der Waals surface area contributed by atoms with Gasteiger partial charge >= 0.3 is 17.9 Å². The Morgan fingerprint density at radius 1 is 0.931 bits per heavy atom. The van der Waals surface area contributed by atoms with Crippen molar-refractivity contribution in [2.45, 2.75) is 6.92 Å². The van der Waals surface area contributed by atoms with Crippen LogP contribution in [0.4, 0.5) is 5.69 Å². The van der Waals surface area contributed by atoms with Crippen LogP contribution in [0.25, 0.3) is 0 Å². The smallest absolute Gasteiger partial charge is 0.344 e. The van der Waals surface area contributed by atoms with Crippen LogP contribution < -0.4 is 10.7 Å². The quantitative estimate of drug-likeness (QED) is 0.540. The molecule has 0 saturated carbocycles. The average Bonchev–Trinajstić information content (AvgIpc) is 2.70. The van der Waals surface area contributed by atoms with E-state index in [0.717, 1.165) is 14.2 Å². The Kier molecular flexibility index (Phi) is 6.85. The van der Waals surface area contributed by atoms with E-state index in [9.17, 15) is 24.0 Å². The molecule has 2 N–H and O–H groups in total. The number of aromatic nitrogens is 1. The Bertz CT molecular complexity index is 991. The standard InChI is InChI=1S/C19H18N2O8/c1-10-4-15(22)14(8-20-10)19(26)29-9-16(23)21-13-6-11(17(24)27-2)5-12(7-13)18(25)28-3/h4-8H,9H2,1-3H3,(H,20,22)(H,21,23). The van der Waals surface area contributed by atoms with E-state index in [4.69, 9.17) is 4.74 Å². The number of carbonyl (C=O) groups excluding carboxylic acids is 4. The van der Waals surface area contributed by atoms with Gasteiger partial charge in [0.2, 0.25) is 0 Å². The third-order valence-electron chi connectivity index (χ3n) is 3.67.